The first-order chi connectivity index (χ1) is 18.0. The van der Waals surface area contributed by atoms with Crippen molar-refractivity contribution in [3.63, 3.8) is 0 Å². The molecule has 2 aromatic carbocycles. The van der Waals surface area contributed by atoms with Gasteiger partial charge in [-0.05, 0) is 28.7 Å². The molecule has 11 heteroatoms. The third-order valence-corrected chi connectivity index (χ3v) is 6.72. The standard InChI is InChI=1S/C27H28N7O3.Na/c1-4-7-23-28-22-14-15-33(17(2)35)25(27(36)37-3)24(22)34(23)16-18-10-12-19(13-11-18)20-8-5-6-9-21(20)26-29-31-32-30-26;/h5-6,8-13,25H,4,7,14-16H2,1-3H3;/q-1;+1. The van der Waals surface area contributed by atoms with Crippen molar-refractivity contribution in [3.05, 3.63) is 71.3 Å². The third-order valence-electron chi connectivity index (χ3n) is 6.72. The van der Waals surface area contributed by atoms with Crippen molar-refractivity contribution in [1.29, 1.82) is 0 Å². The molecule has 38 heavy (non-hydrogen) atoms. The van der Waals surface area contributed by atoms with Crippen molar-refractivity contribution in [2.24, 2.45) is 0 Å². The van der Waals surface area contributed by atoms with Gasteiger partial charge in [0, 0.05) is 38.7 Å². The molecule has 2 aromatic heterocycles. The molecular weight excluding hydrogens is 493 g/mol. The summed E-state index contributed by atoms with van der Waals surface area (Å²) in [5.41, 5.74) is 5.52. The number of hydrogen-bond acceptors (Lipinski definition) is 7. The molecule has 0 bridgehead atoms. The number of carbonyl (C=O) groups is 2. The van der Waals surface area contributed by atoms with Crippen molar-refractivity contribution >= 4 is 11.9 Å². The van der Waals surface area contributed by atoms with Crippen LogP contribution in [0.3, 0.4) is 0 Å². The monoisotopic (exact) mass is 521 g/mol. The van der Waals surface area contributed by atoms with Gasteiger partial charge in [-0.15, -0.1) is 0 Å². The quantitative estimate of drug-likeness (QED) is 0.246. The molecule has 4 aromatic rings. The number of carbonyl (C=O) groups excluding carboxylic acids is 2. The van der Waals surface area contributed by atoms with Crippen LogP contribution >= 0.6 is 0 Å². The molecule has 3 heterocycles. The second-order valence-electron chi connectivity index (χ2n) is 9.03. The summed E-state index contributed by atoms with van der Waals surface area (Å²) in [6, 6.07) is 15.3. The predicted molar refractivity (Wildman–Crippen MR) is 135 cm³/mol. The van der Waals surface area contributed by atoms with E-state index in [0.29, 0.717) is 25.3 Å². The minimum absolute atomic E-state index is 0. The number of rotatable bonds is 7. The number of methoxy groups -OCH3 is 1. The fourth-order valence-electron chi connectivity index (χ4n) is 5.00. The van der Waals surface area contributed by atoms with E-state index in [4.69, 9.17) is 9.72 Å². The minimum atomic E-state index is -0.803. The average Bonchev–Trinajstić information content (AvgIpc) is 3.57. The average molecular weight is 522 g/mol. The van der Waals surface area contributed by atoms with E-state index >= 15 is 0 Å². The number of nitrogens with zero attached hydrogens (tertiary/aromatic N) is 7. The van der Waals surface area contributed by atoms with Crippen molar-refractivity contribution in [2.75, 3.05) is 13.7 Å². The van der Waals surface area contributed by atoms with Crippen molar-refractivity contribution < 1.29 is 43.9 Å². The number of aryl methyl sites for hydroxylation is 1. The van der Waals surface area contributed by atoms with Crippen LogP contribution in [0.4, 0.5) is 0 Å². The van der Waals surface area contributed by atoms with Gasteiger partial charge in [-0.1, -0.05) is 55.5 Å². The molecule has 1 amide bonds. The Labute approximate surface area is 243 Å². The maximum absolute atomic E-state index is 12.9. The summed E-state index contributed by atoms with van der Waals surface area (Å²) >= 11 is 0. The van der Waals surface area contributed by atoms with Crippen LogP contribution in [-0.4, -0.2) is 55.5 Å². The third kappa shape index (κ3) is 5.29. The maximum Gasteiger partial charge on any atom is 1.00 e. The first kappa shape index (κ1) is 27.7. The summed E-state index contributed by atoms with van der Waals surface area (Å²) < 4.78 is 7.21. The summed E-state index contributed by atoms with van der Waals surface area (Å²) in [6.45, 7) is 4.55. The number of amides is 1. The maximum atomic E-state index is 12.9. The molecule has 0 N–H and O–H groups in total. The van der Waals surface area contributed by atoms with Gasteiger partial charge in [0.05, 0.1) is 18.5 Å². The topological polar surface area (TPSA) is 117 Å². The van der Waals surface area contributed by atoms with Crippen LogP contribution in [0.5, 0.6) is 0 Å². The van der Waals surface area contributed by atoms with Crippen LogP contribution in [0, 0.1) is 0 Å². The van der Waals surface area contributed by atoms with Crippen LogP contribution in [0.25, 0.3) is 22.5 Å². The Balaban J connectivity index is 0.00000336. The first-order valence-electron chi connectivity index (χ1n) is 12.3. The minimum Gasteiger partial charge on any atom is -0.467 e. The summed E-state index contributed by atoms with van der Waals surface area (Å²) in [5.74, 6) is 0.784. The van der Waals surface area contributed by atoms with E-state index in [2.05, 4.69) is 56.4 Å². The molecule has 0 fully saturated rings. The molecule has 1 aliphatic rings. The summed E-state index contributed by atoms with van der Waals surface area (Å²) in [7, 11) is 1.35. The first-order valence-corrected chi connectivity index (χ1v) is 12.3. The fraction of sp³-hybridized carbons (Fsp3) is 0.333. The Morgan fingerprint density at radius 1 is 1.11 bits per heavy atom. The van der Waals surface area contributed by atoms with Gasteiger partial charge >= 0.3 is 35.5 Å². The van der Waals surface area contributed by atoms with Crippen LogP contribution in [-0.2, 0) is 33.7 Å². The number of aromatic nitrogens is 6. The molecule has 0 spiro atoms. The van der Waals surface area contributed by atoms with Gasteiger partial charge in [0.1, 0.15) is 5.82 Å². The van der Waals surface area contributed by atoms with Gasteiger partial charge < -0.3 is 19.3 Å². The molecule has 1 aliphatic heterocycles. The number of benzene rings is 2. The van der Waals surface area contributed by atoms with Crippen molar-refractivity contribution in [1.82, 2.24) is 35.1 Å². The van der Waals surface area contributed by atoms with Crippen molar-refractivity contribution in [3.8, 4) is 22.5 Å². The summed E-state index contributed by atoms with van der Waals surface area (Å²) in [4.78, 5) is 31.7. The van der Waals surface area contributed by atoms with Gasteiger partial charge in [-0.3, -0.25) is 15.1 Å². The van der Waals surface area contributed by atoms with Crippen LogP contribution in [0.15, 0.2) is 48.5 Å². The zero-order valence-electron chi connectivity index (χ0n) is 22.1. The number of fused-ring (bicyclic) bond motifs is 1. The van der Waals surface area contributed by atoms with E-state index in [1.807, 2.05) is 24.3 Å². The summed E-state index contributed by atoms with van der Waals surface area (Å²) in [5, 5.41) is 15.2. The van der Waals surface area contributed by atoms with Crippen molar-refractivity contribution in [2.45, 2.75) is 45.7 Å². The Hall–Kier alpha value is -3.34. The van der Waals surface area contributed by atoms with Gasteiger partial charge in [-0.2, -0.15) is 5.21 Å². The second kappa shape index (κ2) is 12.0. The summed E-state index contributed by atoms with van der Waals surface area (Å²) in [6.07, 6.45) is 2.29. The Morgan fingerprint density at radius 2 is 1.84 bits per heavy atom. The van der Waals surface area contributed by atoms with Crippen LogP contribution in [0.1, 0.15) is 49.1 Å². The van der Waals surface area contributed by atoms with Crippen LogP contribution in [0.2, 0.25) is 0 Å². The molecule has 190 valence electrons. The van der Waals surface area contributed by atoms with Gasteiger partial charge in [0.15, 0.2) is 6.04 Å². The van der Waals surface area contributed by atoms with Crippen LogP contribution < -0.4 is 34.7 Å². The molecular formula is C27H28N7NaO3. The molecule has 1 unspecified atom stereocenters. The number of esters is 1. The Kier molecular flexibility index (Phi) is 8.76. The fourth-order valence-corrected chi connectivity index (χ4v) is 5.00. The van der Waals surface area contributed by atoms with E-state index in [0.717, 1.165) is 52.3 Å². The second-order valence-corrected chi connectivity index (χ2v) is 9.03. The zero-order valence-corrected chi connectivity index (χ0v) is 24.1. The van der Waals surface area contributed by atoms with E-state index in [-0.39, 0.29) is 35.5 Å². The number of tetrazole rings is 1. The largest absolute Gasteiger partial charge is 1.00 e. The Bertz CT molecular complexity index is 1420. The number of hydrogen-bond donors (Lipinski definition) is 0. The molecule has 0 saturated carbocycles. The number of ether oxygens (including phenoxy) is 1. The Morgan fingerprint density at radius 3 is 2.47 bits per heavy atom. The molecule has 10 nitrogen and oxygen atoms in total. The van der Waals surface area contributed by atoms with Gasteiger partial charge in [0.2, 0.25) is 5.91 Å². The van der Waals surface area contributed by atoms with E-state index < -0.39 is 12.0 Å². The number of imidazole rings is 1. The predicted octanol–water partition coefficient (Wildman–Crippen LogP) is -0.0172. The normalized spacial score (nSPS) is 14.5. The smallest absolute Gasteiger partial charge is 0.467 e. The molecule has 0 radical (unpaired) electrons. The van der Waals surface area contributed by atoms with E-state index in [1.54, 1.807) is 4.90 Å². The molecule has 1 atom stereocenters. The SMILES string of the molecule is CCCc1nc2c(n1Cc1ccc(-c3ccccc3-c3nnn[n-]3)cc1)C(C(=O)OC)N(C(C)=O)CC2.[Na+]. The zero-order chi connectivity index (χ0) is 25.9. The van der Waals surface area contributed by atoms with Gasteiger partial charge in [-0.25, -0.2) is 9.78 Å². The van der Waals surface area contributed by atoms with E-state index in [9.17, 15) is 9.59 Å². The molecule has 5 rings (SSSR count). The van der Waals surface area contributed by atoms with Gasteiger partial charge in [0.25, 0.3) is 0 Å². The molecule has 0 aliphatic carbocycles. The van der Waals surface area contributed by atoms with E-state index in [1.165, 1.54) is 14.0 Å². The molecule has 0 saturated heterocycles.